The summed E-state index contributed by atoms with van der Waals surface area (Å²) in [6, 6.07) is 11.5. The summed E-state index contributed by atoms with van der Waals surface area (Å²) >= 11 is 0. The molecule has 0 bridgehead atoms. The lowest BCUT2D eigenvalue weighted by Gasteiger charge is -2.17. The molecule has 1 atom stereocenters. The van der Waals surface area contributed by atoms with Crippen molar-refractivity contribution in [3.8, 4) is 17.2 Å². The lowest BCUT2D eigenvalue weighted by molar-refractivity contribution is -0.127. The molecule has 0 aliphatic rings. The SMILES string of the molecule is COc1cc(CNC(=O)[C@H](C)Oc2ccc(C)cc2C)ccc1OC(C)C. The Morgan fingerprint density at radius 3 is 2.30 bits per heavy atom. The van der Waals surface area contributed by atoms with Crippen LogP contribution < -0.4 is 19.5 Å². The molecule has 27 heavy (non-hydrogen) atoms. The molecule has 1 amide bonds. The number of nitrogens with one attached hydrogen (secondary N) is 1. The zero-order valence-electron chi connectivity index (χ0n) is 17.0. The first-order valence-corrected chi connectivity index (χ1v) is 9.15. The van der Waals surface area contributed by atoms with Crippen LogP contribution in [0.15, 0.2) is 36.4 Å². The summed E-state index contributed by atoms with van der Waals surface area (Å²) in [6.45, 7) is 10.1. The number of benzene rings is 2. The van der Waals surface area contributed by atoms with Gasteiger partial charge in [0.2, 0.25) is 0 Å². The van der Waals surface area contributed by atoms with Crippen molar-refractivity contribution >= 4 is 5.91 Å². The highest BCUT2D eigenvalue weighted by Crippen LogP contribution is 2.29. The van der Waals surface area contributed by atoms with Crippen LogP contribution in [-0.4, -0.2) is 25.2 Å². The zero-order chi connectivity index (χ0) is 20.0. The molecular formula is C22H29NO4. The minimum absolute atomic E-state index is 0.0627. The van der Waals surface area contributed by atoms with Crippen molar-refractivity contribution in [1.29, 1.82) is 0 Å². The summed E-state index contributed by atoms with van der Waals surface area (Å²) in [5, 5.41) is 2.90. The molecule has 5 heteroatoms. The summed E-state index contributed by atoms with van der Waals surface area (Å²) in [5.41, 5.74) is 3.10. The molecule has 0 unspecified atom stereocenters. The topological polar surface area (TPSA) is 56.8 Å². The molecule has 0 aromatic heterocycles. The van der Waals surface area contributed by atoms with Gasteiger partial charge in [0.25, 0.3) is 5.91 Å². The smallest absolute Gasteiger partial charge is 0.261 e. The third kappa shape index (κ3) is 5.91. The Bertz CT molecular complexity index is 786. The monoisotopic (exact) mass is 371 g/mol. The molecule has 5 nitrogen and oxygen atoms in total. The highest BCUT2D eigenvalue weighted by Gasteiger charge is 2.16. The zero-order valence-corrected chi connectivity index (χ0v) is 17.0. The third-order valence-electron chi connectivity index (χ3n) is 4.06. The molecule has 1 N–H and O–H groups in total. The van der Waals surface area contributed by atoms with Crippen LogP contribution in [0.4, 0.5) is 0 Å². The highest BCUT2D eigenvalue weighted by molar-refractivity contribution is 5.80. The molecule has 0 saturated carbocycles. The van der Waals surface area contributed by atoms with Gasteiger partial charge in [-0.2, -0.15) is 0 Å². The van der Waals surface area contributed by atoms with Crippen molar-refractivity contribution in [3.63, 3.8) is 0 Å². The van der Waals surface area contributed by atoms with E-state index in [9.17, 15) is 4.79 Å². The fourth-order valence-corrected chi connectivity index (χ4v) is 2.68. The minimum Gasteiger partial charge on any atom is -0.493 e. The summed E-state index contributed by atoms with van der Waals surface area (Å²) in [5.74, 6) is 1.89. The molecule has 0 aliphatic carbocycles. The average Bonchev–Trinajstić information content (AvgIpc) is 2.62. The molecule has 0 fully saturated rings. The van der Waals surface area contributed by atoms with Gasteiger partial charge >= 0.3 is 0 Å². The van der Waals surface area contributed by atoms with E-state index >= 15 is 0 Å². The molecule has 2 rings (SSSR count). The fourth-order valence-electron chi connectivity index (χ4n) is 2.68. The maximum atomic E-state index is 12.4. The van der Waals surface area contributed by atoms with Gasteiger partial charge in [0.1, 0.15) is 5.75 Å². The van der Waals surface area contributed by atoms with E-state index in [0.717, 1.165) is 22.4 Å². The van der Waals surface area contributed by atoms with Crippen LogP contribution >= 0.6 is 0 Å². The van der Waals surface area contributed by atoms with Crippen molar-refractivity contribution in [2.75, 3.05) is 7.11 Å². The number of ether oxygens (including phenoxy) is 3. The van der Waals surface area contributed by atoms with E-state index in [1.807, 2.05) is 64.1 Å². The highest BCUT2D eigenvalue weighted by atomic mass is 16.5. The summed E-state index contributed by atoms with van der Waals surface area (Å²) in [6.07, 6.45) is -0.524. The van der Waals surface area contributed by atoms with Crippen molar-refractivity contribution in [2.24, 2.45) is 0 Å². The minimum atomic E-state index is -0.586. The van der Waals surface area contributed by atoms with Gasteiger partial charge in [-0.05, 0) is 63.9 Å². The van der Waals surface area contributed by atoms with Crippen molar-refractivity contribution in [1.82, 2.24) is 5.32 Å². The van der Waals surface area contributed by atoms with Crippen LogP contribution in [-0.2, 0) is 11.3 Å². The molecule has 146 valence electrons. The molecule has 2 aromatic rings. The average molecular weight is 371 g/mol. The van der Waals surface area contributed by atoms with Crippen molar-refractivity contribution in [3.05, 3.63) is 53.1 Å². The van der Waals surface area contributed by atoms with E-state index in [2.05, 4.69) is 5.32 Å². The van der Waals surface area contributed by atoms with E-state index in [-0.39, 0.29) is 12.0 Å². The standard InChI is InChI=1S/C22H29NO4/c1-14(2)26-20-10-8-18(12-21(20)25-6)13-23-22(24)17(5)27-19-9-7-15(3)11-16(19)4/h7-12,14,17H,13H2,1-6H3,(H,23,24)/t17-/m0/s1. The van der Waals surface area contributed by atoms with E-state index < -0.39 is 6.10 Å². The second kappa shape index (κ2) is 9.31. The number of rotatable bonds is 8. The molecule has 2 aromatic carbocycles. The first-order chi connectivity index (χ1) is 12.8. The van der Waals surface area contributed by atoms with Crippen LogP contribution in [0.3, 0.4) is 0 Å². The molecular weight excluding hydrogens is 342 g/mol. The molecule has 0 spiro atoms. The summed E-state index contributed by atoms with van der Waals surface area (Å²) in [7, 11) is 1.60. The van der Waals surface area contributed by atoms with Crippen LogP contribution in [0.5, 0.6) is 17.2 Å². The van der Waals surface area contributed by atoms with E-state index in [1.165, 1.54) is 0 Å². The molecule has 0 heterocycles. The number of carbonyl (C=O) groups excluding carboxylic acids is 1. The van der Waals surface area contributed by atoms with Gasteiger partial charge in [0, 0.05) is 6.54 Å². The lowest BCUT2D eigenvalue weighted by Crippen LogP contribution is -2.36. The number of methoxy groups -OCH3 is 1. The van der Waals surface area contributed by atoms with E-state index in [1.54, 1.807) is 14.0 Å². The predicted molar refractivity (Wildman–Crippen MR) is 107 cm³/mol. The Balaban J connectivity index is 1.96. The van der Waals surface area contributed by atoms with Crippen molar-refractivity contribution in [2.45, 2.75) is 53.4 Å². The van der Waals surface area contributed by atoms with Gasteiger partial charge in [-0.3, -0.25) is 4.79 Å². The van der Waals surface area contributed by atoms with Gasteiger partial charge in [-0.1, -0.05) is 23.8 Å². The Hall–Kier alpha value is -2.69. The number of hydrogen-bond donors (Lipinski definition) is 1. The van der Waals surface area contributed by atoms with Crippen LogP contribution in [0, 0.1) is 13.8 Å². The van der Waals surface area contributed by atoms with Gasteiger partial charge < -0.3 is 19.5 Å². The first kappa shape index (κ1) is 20.6. The molecule has 0 saturated heterocycles. The maximum Gasteiger partial charge on any atom is 0.261 e. The largest absolute Gasteiger partial charge is 0.493 e. The van der Waals surface area contributed by atoms with Gasteiger partial charge in [0.15, 0.2) is 17.6 Å². The normalized spacial score (nSPS) is 11.8. The first-order valence-electron chi connectivity index (χ1n) is 9.15. The predicted octanol–water partition coefficient (Wildman–Crippen LogP) is 4.18. The molecule has 0 radical (unpaired) electrons. The number of hydrogen-bond acceptors (Lipinski definition) is 4. The third-order valence-corrected chi connectivity index (χ3v) is 4.06. The van der Waals surface area contributed by atoms with Crippen LogP contribution in [0.2, 0.25) is 0 Å². The van der Waals surface area contributed by atoms with Crippen molar-refractivity contribution < 1.29 is 19.0 Å². The van der Waals surface area contributed by atoms with Crippen LogP contribution in [0.25, 0.3) is 0 Å². The Morgan fingerprint density at radius 1 is 0.963 bits per heavy atom. The Labute approximate surface area is 161 Å². The Kier molecular flexibility index (Phi) is 7.11. The maximum absolute atomic E-state index is 12.4. The van der Waals surface area contributed by atoms with Gasteiger partial charge in [0.05, 0.1) is 13.2 Å². The fraction of sp³-hybridized carbons (Fsp3) is 0.409. The second-order valence-corrected chi connectivity index (χ2v) is 6.90. The molecule has 0 aliphatic heterocycles. The number of amides is 1. The van der Waals surface area contributed by atoms with Gasteiger partial charge in [-0.25, -0.2) is 0 Å². The quantitative estimate of drug-likeness (QED) is 0.756. The Morgan fingerprint density at radius 2 is 1.67 bits per heavy atom. The van der Waals surface area contributed by atoms with Crippen LogP contribution in [0.1, 0.15) is 37.5 Å². The number of aryl methyl sites for hydroxylation is 2. The summed E-state index contributed by atoms with van der Waals surface area (Å²) < 4.78 is 16.9. The lowest BCUT2D eigenvalue weighted by atomic mass is 10.1. The summed E-state index contributed by atoms with van der Waals surface area (Å²) in [4.78, 5) is 12.4. The number of carbonyl (C=O) groups is 1. The van der Waals surface area contributed by atoms with Gasteiger partial charge in [-0.15, -0.1) is 0 Å². The van der Waals surface area contributed by atoms with E-state index in [4.69, 9.17) is 14.2 Å². The van der Waals surface area contributed by atoms with E-state index in [0.29, 0.717) is 18.0 Å². The second-order valence-electron chi connectivity index (χ2n) is 6.90.